The van der Waals surface area contributed by atoms with E-state index < -0.39 is 5.97 Å². The van der Waals surface area contributed by atoms with Crippen molar-refractivity contribution >= 4 is 17.3 Å². The zero-order chi connectivity index (χ0) is 12.3. The van der Waals surface area contributed by atoms with Gasteiger partial charge in [-0.15, -0.1) is 11.3 Å². The van der Waals surface area contributed by atoms with Gasteiger partial charge >= 0.3 is 5.97 Å². The standard InChI is InChI=1S/C13H19NO2S/c1-14(8-10-4-2-3-5-10)9-11-6-7-12(17-11)13(15)16/h6-7,10H,2-5,8-9H2,1H3,(H,15,16). The third-order valence-corrected chi connectivity index (χ3v) is 4.40. The van der Waals surface area contributed by atoms with E-state index in [-0.39, 0.29) is 0 Å². The van der Waals surface area contributed by atoms with Crippen LogP contribution in [-0.4, -0.2) is 29.6 Å². The van der Waals surface area contributed by atoms with Crippen LogP contribution in [0.15, 0.2) is 12.1 Å². The minimum atomic E-state index is -0.820. The average molecular weight is 253 g/mol. The van der Waals surface area contributed by atoms with E-state index >= 15 is 0 Å². The zero-order valence-corrected chi connectivity index (χ0v) is 11.0. The molecule has 1 heterocycles. The lowest BCUT2D eigenvalue weighted by molar-refractivity contribution is 0.0702. The molecule has 1 aliphatic carbocycles. The van der Waals surface area contributed by atoms with Gasteiger partial charge < -0.3 is 10.0 Å². The van der Waals surface area contributed by atoms with E-state index in [0.717, 1.165) is 23.9 Å². The maximum absolute atomic E-state index is 10.8. The first-order chi connectivity index (χ1) is 8.15. The van der Waals surface area contributed by atoms with E-state index in [9.17, 15) is 4.79 Å². The third kappa shape index (κ3) is 3.54. The number of aromatic carboxylic acids is 1. The smallest absolute Gasteiger partial charge is 0.345 e. The molecule has 0 bridgehead atoms. The molecule has 2 rings (SSSR count). The number of carbonyl (C=O) groups is 1. The Kier molecular flexibility index (Phi) is 4.18. The lowest BCUT2D eigenvalue weighted by atomic mass is 10.1. The van der Waals surface area contributed by atoms with Crippen LogP contribution in [0.1, 0.15) is 40.2 Å². The molecule has 0 radical (unpaired) electrons. The van der Waals surface area contributed by atoms with Gasteiger partial charge in [-0.1, -0.05) is 12.8 Å². The van der Waals surface area contributed by atoms with Gasteiger partial charge in [-0.05, 0) is 37.9 Å². The summed E-state index contributed by atoms with van der Waals surface area (Å²) < 4.78 is 0. The van der Waals surface area contributed by atoms with Crippen molar-refractivity contribution in [2.75, 3.05) is 13.6 Å². The van der Waals surface area contributed by atoms with E-state index in [1.807, 2.05) is 6.07 Å². The Morgan fingerprint density at radius 1 is 1.47 bits per heavy atom. The van der Waals surface area contributed by atoms with E-state index in [1.165, 1.54) is 37.0 Å². The highest BCUT2D eigenvalue weighted by molar-refractivity contribution is 7.13. The SMILES string of the molecule is CN(Cc1ccc(C(=O)O)s1)CC1CCCC1. The number of carboxylic acids is 1. The summed E-state index contributed by atoms with van der Waals surface area (Å²) >= 11 is 1.39. The average Bonchev–Trinajstić information content (AvgIpc) is 2.88. The number of nitrogens with zero attached hydrogens (tertiary/aromatic N) is 1. The van der Waals surface area contributed by atoms with Crippen LogP contribution in [0.4, 0.5) is 0 Å². The van der Waals surface area contributed by atoms with Crippen molar-refractivity contribution in [3.05, 3.63) is 21.9 Å². The Balaban J connectivity index is 1.84. The van der Waals surface area contributed by atoms with Crippen LogP contribution in [0, 0.1) is 5.92 Å². The van der Waals surface area contributed by atoms with Crippen LogP contribution in [0.3, 0.4) is 0 Å². The fourth-order valence-corrected chi connectivity index (χ4v) is 3.47. The quantitative estimate of drug-likeness (QED) is 0.876. The van der Waals surface area contributed by atoms with E-state index in [2.05, 4.69) is 11.9 Å². The zero-order valence-electron chi connectivity index (χ0n) is 10.2. The number of carboxylic acid groups (broad SMARTS) is 1. The van der Waals surface area contributed by atoms with Crippen molar-refractivity contribution in [2.24, 2.45) is 5.92 Å². The normalized spacial score (nSPS) is 16.8. The van der Waals surface area contributed by atoms with Crippen LogP contribution >= 0.6 is 11.3 Å². The van der Waals surface area contributed by atoms with Gasteiger partial charge in [-0.3, -0.25) is 0 Å². The molecule has 0 amide bonds. The maximum atomic E-state index is 10.8. The van der Waals surface area contributed by atoms with Gasteiger partial charge in [0.15, 0.2) is 0 Å². The second kappa shape index (κ2) is 5.65. The van der Waals surface area contributed by atoms with Crippen LogP contribution in [-0.2, 0) is 6.54 Å². The van der Waals surface area contributed by atoms with Gasteiger partial charge in [0.2, 0.25) is 0 Å². The summed E-state index contributed by atoms with van der Waals surface area (Å²) in [6.07, 6.45) is 5.46. The molecule has 1 fully saturated rings. The van der Waals surface area contributed by atoms with Crippen molar-refractivity contribution in [3.8, 4) is 0 Å². The molecule has 4 heteroatoms. The predicted octanol–water partition coefficient (Wildman–Crippen LogP) is 3.07. The molecular weight excluding hydrogens is 234 g/mol. The molecule has 0 unspecified atom stereocenters. The van der Waals surface area contributed by atoms with Gasteiger partial charge in [0, 0.05) is 18.0 Å². The molecule has 0 atom stereocenters. The van der Waals surface area contributed by atoms with Crippen molar-refractivity contribution in [3.63, 3.8) is 0 Å². The summed E-state index contributed by atoms with van der Waals surface area (Å²) in [4.78, 5) is 14.7. The molecule has 1 aromatic heterocycles. The van der Waals surface area contributed by atoms with Crippen molar-refractivity contribution in [1.82, 2.24) is 4.90 Å². The second-order valence-electron chi connectivity index (χ2n) is 4.92. The highest BCUT2D eigenvalue weighted by Crippen LogP contribution is 2.26. The third-order valence-electron chi connectivity index (χ3n) is 3.34. The Bertz CT molecular complexity index is 383. The van der Waals surface area contributed by atoms with Crippen LogP contribution in [0.5, 0.6) is 0 Å². The van der Waals surface area contributed by atoms with Crippen molar-refractivity contribution < 1.29 is 9.90 Å². The summed E-state index contributed by atoms with van der Waals surface area (Å²) in [6.45, 7) is 2.01. The first-order valence-electron chi connectivity index (χ1n) is 6.15. The van der Waals surface area contributed by atoms with Crippen LogP contribution in [0.2, 0.25) is 0 Å². The molecule has 17 heavy (non-hydrogen) atoms. The largest absolute Gasteiger partial charge is 0.477 e. The summed E-state index contributed by atoms with van der Waals surface area (Å²) in [6, 6.07) is 3.63. The minimum Gasteiger partial charge on any atom is -0.477 e. The summed E-state index contributed by atoms with van der Waals surface area (Å²) in [5, 5.41) is 8.86. The number of thiophene rings is 1. The summed E-state index contributed by atoms with van der Waals surface area (Å²) in [7, 11) is 2.12. The first kappa shape index (κ1) is 12.6. The molecular formula is C13H19NO2S. The predicted molar refractivity (Wildman–Crippen MR) is 69.6 cm³/mol. The number of hydrogen-bond acceptors (Lipinski definition) is 3. The lowest BCUT2D eigenvalue weighted by Gasteiger charge is -2.19. The number of rotatable bonds is 5. The highest BCUT2D eigenvalue weighted by Gasteiger charge is 2.17. The van der Waals surface area contributed by atoms with Crippen molar-refractivity contribution in [1.29, 1.82) is 0 Å². The fourth-order valence-electron chi connectivity index (χ4n) is 2.54. The Hall–Kier alpha value is -0.870. The molecule has 1 saturated carbocycles. The minimum absolute atomic E-state index is 0.439. The van der Waals surface area contributed by atoms with Crippen LogP contribution < -0.4 is 0 Å². The van der Waals surface area contributed by atoms with Crippen molar-refractivity contribution in [2.45, 2.75) is 32.2 Å². The van der Waals surface area contributed by atoms with Gasteiger partial charge in [0.05, 0.1) is 0 Å². The highest BCUT2D eigenvalue weighted by atomic mass is 32.1. The Morgan fingerprint density at radius 2 is 2.18 bits per heavy atom. The maximum Gasteiger partial charge on any atom is 0.345 e. The molecule has 0 aliphatic heterocycles. The van der Waals surface area contributed by atoms with Gasteiger partial charge in [-0.25, -0.2) is 4.79 Å². The first-order valence-corrected chi connectivity index (χ1v) is 6.97. The summed E-state index contributed by atoms with van der Waals surface area (Å²) in [5.41, 5.74) is 0. The topological polar surface area (TPSA) is 40.5 Å². The molecule has 1 aliphatic rings. The second-order valence-corrected chi connectivity index (χ2v) is 6.09. The molecule has 0 spiro atoms. The molecule has 1 N–H and O–H groups in total. The Labute approximate surface area is 106 Å². The fraction of sp³-hybridized carbons (Fsp3) is 0.615. The van der Waals surface area contributed by atoms with Gasteiger partial charge in [0.1, 0.15) is 4.88 Å². The molecule has 3 nitrogen and oxygen atoms in total. The Morgan fingerprint density at radius 3 is 2.76 bits per heavy atom. The number of hydrogen-bond donors (Lipinski definition) is 1. The molecule has 94 valence electrons. The monoisotopic (exact) mass is 253 g/mol. The molecule has 0 aromatic carbocycles. The van der Waals surface area contributed by atoms with Crippen LogP contribution in [0.25, 0.3) is 0 Å². The van der Waals surface area contributed by atoms with E-state index in [1.54, 1.807) is 6.07 Å². The molecule has 0 saturated heterocycles. The lowest BCUT2D eigenvalue weighted by Crippen LogP contribution is -2.23. The van der Waals surface area contributed by atoms with E-state index in [4.69, 9.17) is 5.11 Å². The van der Waals surface area contributed by atoms with Gasteiger partial charge in [0.25, 0.3) is 0 Å². The van der Waals surface area contributed by atoms with Gasteiger partial charge in [-0.2, -0.15) is 0 Å². The molecule has 1 aromatic rings. The summed E-state index contributed by atoms with van der Waals surface area (Å²) in [5.74, 6) is 0.0265. The van der Waals surface area contributed by atoms with E-state index in [0.29, 0.717) is 4.88 Å².